The van der Waals surface area contributed by atoms with E-state index in [1.54, 1.807) is 6.07 Å². The minimum absolute atomic E-state index is 0.0436. The third kappa shape index (κ3) is 6.13. The average Bonchev–Trinajstić information content (AvgIpc) is 3.08. The fraction of sp³-hybridized carbons (Fsp3) is 0.476. The van der Waals surface area contributed by atoms with E-state index in [4.69, 9.17) is 10.2 Å². The predicted octanol–water partition coefficient (Wildman–Crippen LogP) is 3.38. The molecular weight excluding hydrogens is 388 g/mol. The number of benzene rings is 1. The fourth-order valence-corrected chi connectivity index (χ4v) is 3.47. The third-order valence-corrected chi connectivity index (χ3v) is 4.94. The number of nitrogens with two attached hydrogens (primary N) is 1. The zero-order chi connectivity index (χ0) is 22.1. The zero-order valence-electron chi connectivity index (χ0n) is 17.4. The number of primary amides is 1. The summed E-state index contributed by atoms with van der Waals surface area (Å²) in [6.07, 6.45) is 4.93. The lowest BCUT2D eigenvalue weighted by molar-refractivity contribution is -0.140. The van der Waals surface area contributed by atoms with E-state index in [-0.39, 0.29) is 13.0 Å². The van der Waals surface area contributed by atoms with Crippen LogP contribution >= 0.6 is 0 Å². The van der Waals surface area contributed by atoms with Crippen LogP contribution in [0.15, 0.2) is 34.9 Å². The molecule has 0 aliphatic carbocycles. The van der Waals surface area contributed by atoms with E-state index in [0.717, 1.165) is 36.1 Å². The third-order valence-electron chi connectivity index (χ3n) is 4.94. The van der Waals surface area contributed by atoms with Crippen molar-refractivity contribution in [2.45, 2.75) is 57.9 Å². The monoisotopic (exact) mass is 418 g/mol. The Bertz CT molecular complexity index is 881. The number of hydrogen-bond acceptors (Lipinski definition) is 4. The molecule has 1 unspecified atom stereocenters. The maximum absolute atomic E-state index is 13.3. The summed E-state index contributed by atoms with van der Waals surface area (Å²) in [5.41, 5.74) is 7.36. The number of hydrazine groups is 1. The molecule has 164 valence electrons. The van der Waals surface area contributed by atoms with Gasteiger partial charge in [0.1, 0.15) is 11.1 Å². The molecule has 2 rings (SSSR count). The molecule has 4 amide bonds. The van der Waals surface area contributed by atoms with Crippen LogP contribution in [0.25, 0.3) is 11.0 Å². The molecule has 0 bridgehead atoms. The Hall–Kier alpha value is -3.23. The summed E-state index contributed by atoms with van der Waals surface area (Å²) < 4.78 is 5.52. The molecule has 0 aliphatic rings. The molecular formula is C21H30N4O5. The van der Waals surface area contributed by atoms with Gasteiger partial charge < -0.3 is 20.6 Å². The number of rotatable bonds is 10. The number of hydrogen-bond donors (Lipinski definition) is 4. The summed E-state index contributed by atoms with van der Waals surface area (Å²) in [7, 11) is 0. The number of unbranched alkanes of at least 4 members (excludes halogenated alkanes) is 4. The smallest absolute Gasteiger partial charge is 0.405 e. The van der Waals surface area contributed by atoms with Crippen molar-refractivity contribution in [3.63, 3.8) is 0 Å². The van der Waals surface area contributed by atoms with Crippen LogP contribution in [0.5, 0.6) is 0 Å². The summed E-state index contributed by atoms with van der Waals surface area (Å²) in [5.74, 6) is -0.593. The van der Waals surface area contributed by atoms with E-state index < -0.39 is 23.6 Å². The maximum Gasteiger partial charge on any atom is 0.405 e. The van der Waals surface area contributed by atoms with Crippen molar-refractivity contribution in [1.82, 2.24) is 15.8 Å². The molecule has 5 N–H and O–H groups in total. The summed E-state index contributed by atoms with van der Waals surface area (Å²) in [6, 6.07) is 6.41. The molecule has 0 spiro atoms. The first-order valence-corrected chi connectivity index (χ1v) is 10.1. The van der Waals surface area contributed by atoms with Crippen molar-refractivity contribution in [1.29, 1.82) is 0 Å². The lowest BCUT2D eigenvalue weighted by Crippen LogP contribution is -2.63. The number of fused-ring (bicyclic) bond motifs is 1. The van der Waals surface area contributed by atoms with Gasteiger partial charge in [-0.3, -0.25) is 9.80 Å². The number of furan rings is 1. The molecule has 2 aromatic rings. The largest absolute Gasteiger partial charge is 0.465 e. The molecule has 9 nitrogen and oxygen atoms in total. The van der Waals surface area contributed by atoms with Crippen LogP contribution in [0, 0.1) is 0 Å². The van der Waals surface area contributed by atoms with E-state index in [9.17, 15) is 19.5 Å². The Morgan fingerprint density at radius 1 is 1.17 bits per heavy atom. The number of urea groups is 1. The molecule has 0 aliphatic heterocycles. The molecule has 30 heavy (non-hydrogen) atoms. The number of carboxylic acid groups (broad SMARTS) is 1. The Morgan fingerprint density at radius 2 is 1.87 bits per heavy atom. The lowest BCUT2D eigenvalue weighted by Gasteiger charge is -2.34. The van der Waals surface area contributed by atoms with Gasteiger partial charge in [-0.2, -0.15) is 0 Å². The highest BCUT2D eigenvalue weighted by Crippen LogP contribution is 2.26. The Labute approximate surface area is 175 Å². The van der Waals surface area contributed by atoms with E-state index in [1.165, 1.54) is 13.2 Å². The maximum atomic E-state index is 13.3. The van der Waals surface area contributed by atoms with Crippen molar-refractivity contribution < 1.29 is 23.9 Å². The minimum atomic E-state index is -1.54. The van der Waals surface area contributed by atoms with Crippen LogP contribution in [-0.2, 0) is 11.2 Å². The topological polar surface area (TPSA) is 138 Å². The van der Waals surface area contributed by atoms with Gasteiger partial charge in [0.2, 0.25) is 0 Å². The van der Waals surface area contributed by atoms with Crippen LogP contribution in [0.2, 0.25) is 0 Å². The minimum Gasteiger partial charge on any atom is -0.465 e. The number of nitrogens with one attached hydrogen (secondary N) is 2. The fourth-order valence-electron chi connectivity index (χ4n) is 3.47. The summed E-state index contributed by atoms with van der Waals surface area (Å²) in [6.45, 7) is 3.82. The van der Waals surface area contributed by atoms with Gasteiger partial charge in [0, 0.05) is 23.9 Å². The molecule has 0 saturated carbocycles. The van der Waals surface area contributed by atoms with Gasteiger partial charge >= 0.3 is 12.1 Å². The van der Waals surface area contributed by atoms with Gasteiger partial charge in [-0.05, 0) is 19.4 Å². The molecule has 1 atom stereocenters. The van der Waals surface area contributed by atoms with E-state index in [2.05, 4.69) is 17.7 Å². The number of carbonyl (C=O) groups is 3. The van der Waals surface area contributed by atoms with Gasteiger partial charge in [0.25, 0.3) is 5.91 Å². The number of amides is 4. The van der Waals surface area contributed by atoms with Crippen molar-refractivity contribution in [3.8, 4) is 0 Å². The molecule has 0 saturated heterocycles. The number of carbonyl (C=O) groups excluding carboxylic acids is 2. The van der Waals surface area contributed by atoms with Gasteiger partial charge in [0.15, 0.2) is 0 Å². The Balaban J connectivity index is 2.24. The van der Waals surface area contributed by atoms with Gasteiger partial charge in [0.05, 0.1) is 6.26 Å². The highest BCUT2D eigenvalue weighted by Gasteiger charge is 2.40. The molecule has 1 aromatic heterocycles. The molecule has 1 heterocycles. The summed E-state index contributed by atoms with van der Waals surface area (Å²) in [5, 5.41) is 13.6. The van der Waals surface area contributed by atoms with E-state index in [1.807, 2.05) is 18.2 Å². The Kier molecular flexibility index (Phi) is 8.08. The first-order valence-electron chi connectivity index (χ1n) is 10.1. The van der Waals surface area contributed by atoms with Crippen LogP contribution in [0.3, 0.4) is 0 Å². The van der Waals surface area contributed by atoms with Gasteiger partial charge in [-0.15, -0.1) is 0 Å². The van der Waals surface area contributed by atoms with Crippen molar-refractivity contribution >= 4 is 29.0 Å². The first-order chi connectivity index (χ1) is 14.3. The van der Waals surface area contributed by atoms with E-state index >= 15 is 0 Å². The second kappa shape index (κ2) is 10.5. The van der Waals surface area contributed by atoms with Crippen LogP contribution in [0.4, 0.5) is 9.59 Å². The SMILES string of the molecule is CCCCCCCN(NC(N)=O)C(=O)C(C)(Cc1coc2ccccc12)NC(=O)O. The first kappa shape index (κ1) is 23.1. The molecule has 0 radical (unpaired) electrons. The van der Waals surface area contributed by atoms with E-state index in [0.29, 0.717) is 17.6 Å². The lowest BCUT2D eigenvalue weighted by atomic mass is 9.91. The molecule has 0 fully saturated rings. The average molecular weight is 418 g/mol. The predicted molar refractivity (Wildman–Crippen MR) is 113 cm³/mol. The number of para-hydroxylation sites is 1. The molecule has 9 heteroatoms. The molecule has 1 aromatic carbocycles. The highest BCUT2D eigenvalue weighted by atomic mass is 16.4. The van der Waals surface area contributed by atoms with Crippen molar-refractivity contribution in [3.05, 3.63) is 36.1 Å². The summed E-state index contributed by atoms with van der Waals surface area (Å²) in [4.78, 5) is 36.2. The van der Waals surface area contributed by atoms with Crippen LogP contribution in [-0.4, -0.2) is 40.2 Å². The second-order valence-electron chi connectivity index (χ2n) is 7.54. The van der Waals surface area contributed by atoms with Gasteiger partial charge in [-0.1, -0.05) is 50.8 Å². The van der Waals surface area contributed by atoms with Crippen molar-refractivity contribution in [2.24, 2.45) is 5.73 Å². The van der Waals surface area contributed by atoms with Crippen LogP contribution < -0.4 is 16.5 Å². The van der Waals surface area contributed by atoms with Gasteiger partial charge in [-0.25, -0.2) is 15.0 Å². The number of nitrogens with zero attached hydrogens (tertiary/aromatic N) is 1. The highest BCUT2D eigenvalue weighted by molar-refractivity contribution is 5.92. The second-order valence-corrected chi connectivity index (χ2v) is 7.54. The zero-order valence-corrected chi connectivity index (χ0v) is 17.4. The van der Waals surface area contributed by atoms with Crippen molar-refractivity contribution in [2.75, 3.05) is 6.54 Å². The summed E-state index contributed by atoms with van der Waals surface area (Å²) >= 11 is 0. The Morgan fingerprint density at radius 3 is 2.53 bits per heavy atom. The quantitative estimate of drug-likeness (QED) is 0.346. The standard InChI is InChI=1S/C21H30N4O5/c1-3-4-5-6-9-12-25(24-19(22)27)18(26)21(2,23-20(28)29)13-15-14-30-17-11-8-7-10-16(15)17/h7-8,10-11,14,23H,3-6,9,12-13H2,1-2H3,(H,28,29)(H3,22,24,27). The van der Waals surface area contributed by atoms with Crippen LogP contribution in [0.1, 0.15) is 51.5 Å². The normalized spacial score (nSPS) is 12.9.